The number of benzene rings is 3. The van der Waals surface area contributed by atoms with Crippen molar-refractivity contribution in [2.24, 2.45) is 5.10 Å². The fraction of sp³-hybridized carbons (Fsp3) is 0.172. The molecule has 0 saturated carbocycles. The van der Waals surface area contributed by atoms with Crippen LogP contribution in [0.4, 0.5) is 0 Å². The molecule has 1 amide bonds. The minimum atomic E-state index is -0.987. The van der Waals surface area contributed by atoms with E-state index in [1.807, 2.05) is 30.3 Å². The van der Waals surface area contributed by atoms with Gasteiger partial charge in [0, 0.05) is 50.8 Å². The van der Waals surface area contributed by atoms with E-state index in [1.54, 1.807) is 36.4 Å². The summed E-state index contributed by atoms with van der Waals surface area (Å²) in [7, 11) is 0. The molecule has 7 nitrogen and oxygen atoms in total. The molecule has 0 unspecified atom stereocenters. The van der Waals surface area contributed by atoms with E-state index in [2.05, 4.69) is 10.1 Å². The summed E-state index contributed by atoms with van der Waals surface area (Å²) in [5.74, 6) is -1.36. The molecule has 0 spiro atoms. The second-order valence-corrected chi connectivity index (χ2v) is 10.5. The van der Waals surface area contributed by atoms with E-state index in [4.69, 9.17) is 39.9 Å². The van der Waals surface area contributed by atoms with E-state index >= 15 is 0 Å². The van der Waals surface area contributed by atoms with Crippen LogP contribution in [0.15, 0.2) is 76.6 Å². The van der Waals surface area contributed by atoms with Gasteiger partial charge in [0.15, 0.2) is 0 Å². The number of hydrogen-bond donors (Lipinski definition) is 2. The zero-order valence-electron chi connectivity index (χ0n) is 20.5. The Balaban J connectivity index is 1.68. The number of rotatable bonds is 7. The molecule has 0 radical (unpaired) electrons. The predicted molar refractivity (Wildman–Crippen MR) is 154 cm³/mol. The van der Waals surface area contributed by atoms with Crippen LogP contribution in [0.5, 0.6) is 0 Å². The van der Waals surface area contributed by atoms with Crippen LogP contribution >= 0.6 is 34.8 Å². The molecule has 4 aromatic rings. The molecule has 0 aliphatic carbocycles. The molecular formula is C29H22Cl3N3O4. The normalized spacial score (nSPS) is 15.0. The molecule has 39 heavy (non-hydrogen) atoms. The first-order chi connectivity index (χ1) is 18.7. The van der Waals surface area contributed by atoms with Crippen LogP contribution in [0, 0.1) is 0 Å². The van der Waals surface area contributed by atoms with Crippen molar-refractivity contribution in [3.63, 3.8) is 0 Å². The smallest absolute Gasteiger partial charge is 0.303 e. The van der Waals surface area contributed by atoms with Crippen molar-refractivity contribution in [1.29, 1.82) is 0 Å². The number of aromatic nitrogens is 1. The first kappa shape index (κ1) is 26.9. The van der Waals surface area contributed by atoms with Crippen molar-refractivity contribution < 1.29 is 14.7 Å². The van der Waals surface area contributed by atoms with Crippen LogP contribution in [0.1, 0.15) is 42.9 Å². The number of nitrogens with zero attached hydrogens (tertiary/aromatic N) is 2. The van der Waals surface area contributed by atoms with Crippen LogP contribution in [-0.2, 0) is 9.59 Å². The number of carbonyl (C=O) groups is 2. The Morgan fingerprint density at radius 1 is 0.949 bits per heavy atom. The van der Waals surface area contributed by atoms with Crippen LogP contribution in [0.2, 0.25) is 15.1 Å². The van der Waals surface area contributed by atoms with Crippen molar-refractivity contribution in [3.05, 3.63) is 103 Å². The Morgan fingerprint density at radius 3 is 2.38 bits per heavy atom. The van der Waals surface area contributed by atoms with Gasteiger partial charge in [0.25, 0.3) is 5.56 Å². The zero-order chi connectivity index (χ0) is 27.7. The molecule has 0 fully saturated rings. The Morgan fingerprint density at radius 2 is 1.67 bits per heavy atom. The maximum atomic E-state index is 13.6. The molecule has 3 aromatic carbocycles. The number of H-pyrrole nitrogens is 1. The van der Waals surface area contributed by atoms with E-state index in [1.165, 1.54) is 5.01 Å². The lowest BCUT2D eigenvalue weighted by Gasteiger charge is -2.23. The maximum Gasteiger partial charge on any atom is 0.303 e. The van der Waals surface area contributed by atoms with Crippen molar-refractivity contribution in [2.45, 2.75) is 31.7 Å². The number of hydrazone groups is 1. The standard InChI is InChI=1S/C29H22Cl3N3O4/c30-17-10-12-22-20(13-17)27(16-5-2-1-3-6-16)28(29(39)33-22)23-15-24(19-11-9-18(31)14-21(19)32)35(34-23)25(36)7-4-8-26(37)38/h1-3,5-6,9-14,24H,4,7-8,15H2,(H,33,39)(H,37,38)/t24-/m0/s1. The molecule has 2 heterocycles. The Bertz CT molecular complexity index is 1690. The minimum Gasteiger partial charge on any atom is -0.481 e. The van der Waals surface area contributed by atoms with Gasteiger partial charge in [-0.05, 0) is 47.9 Å². The number of amides is 1. The van der Waals surface area contributed by atoms with Gasteiger partial charge < -0.3 is 10.1 Å². The van der Waals surface area contributed by atoms with Crippen molar-refractivity contribution >= 4 is 63.3 Å². The summed E-state index contributed by atoms with van der Waals surface area (Å²) >= 11 is 19.0. The van der Waals surface area contributed by atoms with Crippen molar-refractivity contribution in [1.82, 2.24) is 9.99 Å². The third kappa shape index (κ3) is 5.57. The Labute approximate surface area is 238 Å². The first-order valence-corrected chi connectivity index (χ1v) is 13.3. The number of pyridine rings is 1. The summed E-state index contributed by atoms with van der Waals surface area (Å²) in [4.78, 5) is 40.9. The largest absolute Gasteiger partial charge is 0.481 e. The monoisotopic (exact) mass is 581 g/mol. The zero-order valence-corrected chi connectivity index (χ0v) is 22.7. The van der Waals surface area contributed by atoms with Gasteiger partial charge in [-0.25, -0.2) is 5.01 Å². The quantitative estimate of drug-likeness (QED) is 0.243. The SMILES string of the molecule is O=C(O)CCCC(=O)N1N=C(c2c(-c3ccccc3)c3cc(Cl)ccc3[nH]c2=O)C[C@H]1c1ccc(Cl)cc1Cl. The topological polar surface area (TPSA) is 103 Å². The molecule has 0 bridgehead atoms. The van der Waals surface area contributed by atoms with Gasteiger partial charge in [0.05, 0.1) is 17.3 Å². The van der Waals surface area contributed by atoms with E-state index < -0.39 is 12.0 Å². The van der Waals surface area contributed by atoms with E-state index in [-0.39, 0.29) is 37.1 Å². The summed E-state index contributed by atoms with van der Waals surface area (Å²) in [5.41, 5.74) is 3.05. The number of fused-ring (bicyclic) bond motifs is 1. The third-order valence-corrected chi connectivity index (χ3v) is 7.39. The van der Waals surface area contributed by atoms with Crippen LogP contribution < -0.4 is 5.56 Å². The number of carboxylic acids is 1. The molecule has 10 heteroatoms. The number of halogens is 3. The average Bonchev–Trinajstić information content (AvgIpc) is 3.33. The van der Waals surface area contributed by atoms with Crippen LogP contribution in [-0.4, -0.2) is 32.7 Å². The summed E-state index contributed by atoms with van der Waals surface area (Å²) in [5, 5.41) is 17.0. The van der Waals surface area contributed by atoms with Gasteiger partial charge in [-0.1, -0.05) is 71.2 Å². The van der Waals surface area contributed by atoms with Gasteiger partial charge in [0.1, 0.15) is 0 Å². The van der Waals surface area contributed by atoms with Gasteiger partial charge in [-0.15, -0.1) is 0 Å². The fourth-order valence-corrected chi connectivity index (χ4v) is 5.56. The lowest BCUT2D eigenvalue weighted by Crippen LogP contribution is -2.27. The molecular weight excluding hydrogens is 561 g/mol. The third-order valence-electron chi connectivity index (χ3n) is 6.60. The number of carboxylic acid groups (broad SMARTS) is 1. The lowest BCUT2D eigenvalue weighted by atomic mass is 9.91. The van der Waals surface area contributed by atoms with Crippen LogP contribution in [0.25, 0.3) is 22.0 Å². The van der Waals surface area contributed by atoms with Crippen molar-refractivity contribution in [3.8, 4) is 11.1 Å². The predicted octanol–water partition coefficient (Wildman–Crippen LogP) is 7.09. The summed E-state index contributed by atoms with van der Waals surface area (Å²) in [6.45, 7) is 0. The average molecular weight is 583 g/mol. The second kappa shape index (κ2) is 11.2. The Hall–Kier alpha value is -3.65. The summed E-state index contributed by atoms with van der Waals surface area (Å²) < 4.78 is 0. The fourth-order valence-electron chi connectivity index (χ4n) is 4.86. The highest BCUT2D eigenvalue weighted by Crippen LogP contribution is 2.40. The molecule has 1 aromatic heterocycles. The number of aliphatic carboxylic acids is 1. The molecule has 1 aliphatic heterocycles. The van der Waals surface area contributed by atoms with Crippen molar-refractivity contribution in [2.75, 3.05) is 0 Å². The number of nitrogens with one attached hydrogen (secondary N) is 1. The lowest BCUT2D eigenvalue weighted by molar-refractivity contribution is -0.137. The van der Waals surface area contributed by atoms with E-state index in [0.29, 0.717) is 43.0 Å². The molecule has 0 saturated heterocycles. The summed E-state index contributed by atoms with van der Waals surface area (Å²) in [6, 6.07) is 19.1. The number of hydrogen-bond acceptors (Lipinski definition) is 4. The number of aromatic amines is 1. The van der Waals surface area contributed by atoms with E-state index in [0.717, 1.165) is 10.9 Å². The van der Waals surface area contributed by atoms with Gasteiger partial charge >= 0.3 is 5.97 Å². The van der Waals surface area contributed by atoms with Gasteiger partial charge in [-0.3, -0.25) is 14.4 Å². The van der Waals surface area contributed by atoms with E-state index in [9.17, 15) is 14.4 Å². The molecule has 1 aliphatic rings. The van der Waals surface area contributed by atoms with Gasteiger partial charge in [0.2, 0.25) is 5.91 Å². The second-order valence-electron chi connectivity index (χ2n) is 9.18. The molecule has 1 atom stereocenters. The summed E-state index contributed by atoms with van der Waals surface area (Å²) in [6.07, 6.45) is 0.188. The highest BCUT2D eigenvalue weighted by molar-refractivity contribution is 6.35. The minimum absolute atomic E-state index is 0.0278. The maximum absolute atomic E-state index is 13.6. The Kier molecular flexibility index (Phi) is 7.75. The van der Waals surface area contributed by atoms with Crippen LogP contribution in [0.3, 0.4) is 0 Å². The molecule has 198 valence electrons. The highest BCUT2D eigenvalue weighted by atomic mass is 35.5. The molecule has 2 N–H and O–H groups in total. The highest BCUT2D eigenvalue weighted by Gasteiger charge is 2.36. The number of carbonyl (C=O) groups excluding carboxylic acids is 1. The van der Waals surface area contributed by atoms with Gasteiger partial charge in [-0.2, -0.15) is 5.10 Å². The molecule has 5 rings (SSSR count). The first-order valence-electron chi connectivity index (χ1n) is 12.2.